The van der Waals surface area contributed by atoms with Crippen molar-refractivity contribution in [3.63, 3.8) is 0 Å². The maximum absolute atomic E-state index is 11.7. The van der Waals surface area contributed by atoms with Crippen LogP contribution in [-0.4, -0.2) is 17.3 Å². The van der Waals surface area contributed by atoms with Gasteiger partial charge in [-0.1, -0.05) is 24.2 Å². The van der Waals surface area contributed by atoms with E-state index < -0.39 is 0 Å². The number of aryl methyl sites for hydroxylation is 1. The number of aromatic nitrogens is 1. The minimum absolute atomic E-state index is 0.168. The van der Waals surface area contributed by atoms with Crippen LogP contribution in [0.1, 0.15) is 35.1 Å². The van der Waals surface area contributed by atoms with Gasteiger partial charge in [-0.15, -0.1) is 6.42 Å². The van der Waals surface area contributed by atoms with Gasteiger partial charge in [0.2, 0.25) is 0 Å². The van der Waals surface area contributed by atoms with E-state index in [1.165, 1.54) is 11.3 Å². The minimum Gasteiger partial charge on any atom is -0.351 e. The van der Waals surface area contributed by atoms with Crippen molar-refractivity contribution in [2.75, 3.05) is 11.9 Å². The zero-order chi connectivity index (χ0) is 11.3. The van der Waals surface area contributed by atoms with Crippen molar-refractivity contribution in [2.45, 2.75) is 26.7 Å². The molecule has 0 aliphatic rings. The van der Waals surface area contributed by atoms with Gasteiger partial charge in [0.05, 0.1) is 17.1 Å². The minimum atomic E-state index is 0.168. The lowest BCUT2D eigenvalue weighted by molar-refractivity contribution is 0.0985. The van der Waals surface area contributed by atoms with Gasteiger partial charge in [0.1, 0.15) is 0 Å². The van der Waals surface area contributed by atoms with Crippen LogP contribution in [0.25, 0.3) is 0 Å². The first-order valence-corrected chi connectivity index (χ1v) is 5.68. The molecule has 0 aromatic carbocycles. The number of nitrogens with zero attached hydrogens (tertiary/aromatic N) is 1. The molecule has 0 atom stereocenters. The molecule has 0 saturated heterocycles. The topological polar surface area (TPSA) is 42.0 Å². The second-order valence-electron chi connectivity index (χ2n) is 3.16. The molecular weight excluding hydrogens is 208 g/mol. The molecule has 1 rings (SSSR count). The number of thiazole rings is 1. The van der Waals surface area contributed by atoms with Crippen LogP contribution in [0.3, 0.4) is 0 Å². The Morgan fingerprint density at radius 2 is 2.40 bits per heavy atom. The Bertz CT molecular complexity index is 390. The number of hydrogen-bond acceptors (Lipinski definition) is 4. The summed E-state index contributed by atoms with van der Waals surface area (Å²) in [5.74, 6) is 2.64. The normalized spacial score (nSPS) is 9.67. The van der Waals surface area contributed by atoms with Gasteiger partial charge in [-0.05, 0) is 13.3 Å². The molecular formula is C11H14N2OS. The Morgan fingerprint density at radius 3 is 3.00 bits per heavy atom. The standard InChI is InChI=1S/C11H14N2OS/c1-4-6-9(14)10-8(3)13-11(15-10)12-7-5-2/h2H,4,6-7H2,1,3H3,(H,12,13). The summed E-state index contributed by atoms with van der Waals surface area (Å²) in [7, 11) is 0. The number of ketones is 1. The Balaban J connectivity index is 2.77. The molecule has 0 fully saturated rings. The number of rotatable bonds is 5. The highest BCUT2D eigenvalue weighted by atomic mass is 32.1. The quantitative estimate of drug-likeness (QED) is 0.614. The molecule has 1 aromatic heterocycles. The van der Waals surface area contributed by atoms with Gasteiger partial charge >= 0.3 is 0 Å². The van der Waals surface area contributed by atoms with Crippen LogP contribution in [0.15, 0.2) is 0 Å². The number of carbonyl (C=O) groups excluding carboxylic acids is 1. The maximum Gasteiger partial charge on any atom is 0.184 e. The van der Waals surface area contributed by atoms with Crippen molar-refractivity contribution in [1.29, 1.82) is 0 Å². The van der Waals surface area contributed by atoms with E-state index in [0.717, 1.165) is 22.1 Å². The second kappa shape index (κ2) is 5.52. The van der Waals surface area contributed by atoms with Gasteiger partial charge < -0.3 is 5.32 Å². The largest absolute Gasteiger partial charge is 0.351 e. The smallest absolute Gasteiger partial charge is 0.184 e. The van der Waals surface area contributed by atoms with E-state index in [1.807, 2.05) is 13.8 Å². The molecule has 0 spiro atoms. The van der Waals surface area contributed by atoms with Crippen molar-refractivity contribution in [2.24, 2.45) is 0 Å². The van der Waals surface area contributed by atoms with E-state index in [0.29, 0.717) is 13.0 Å². The summed E-state index contributed by atoms with van der Waals surface area (Å²) in [4.78, 5) is 16.6. The molecule has 0 unspecified atom stereocenters. The molecule has 1 aromatic rings. The van der Waals surface area contributed by atoms with Crippen LogP contribution in [0.5, 0.6) is 0 Å². The van der Waals surface area contributed by atoms with Crippen LogP contribution in [0.4, 0.5) is 5.13 Å². The number of hydrogen-bond donors (Lipinski definition) is 1. The Kier molecular flexibility index (Phi) is 4.32. The molecule has 4 heteroatoms. The average molecular weight is 222 g/mol. The van der Waals surface area contributed by atoms with Crippen molar-refractivity contribution in [3.05, 3.63) is 10.6 Å². The first-order valence-electron chi connectivity index (χ1n) is 4.87. The summed E-state index contributed by atoms with van der Waals surface area (Å²) in [5, 5.41) is 3.70. The van der Waals surface area contributed by atoms with E-state index in [2.05, 4.69) is 16.2 Å². The third-order valence-electron chi connectivity index (χ3n) is 1.87. The summed E-state index contributed by atoms with van der Waals surface area (Å²) < 4.78 is 0. The third-order valence-corrected chi connectivity index (χ3v) is 3.02. The summed E-state index contributed by atoms with van der Waals surface area (Å²) in [5.41, 5.74) is 0.790. The summed E-state index contributed by atoms with van der Waals surface area (Å²) in [6, 6.07) is 0. The summed E-state index contributed by atoms with van der Waals surface area (Å²) in [6.07, 6.45) is 6.57. The molecule has 0 bridgehead atoms. The van der Waals surface area contributed by atoms with Crippen molar-refractivity contribution in [3.8, 4) is 12.3 Å². The zero-order valence-corrected chi connectivity index (χ0v) is 9.78. The number of carbonyl (C=O) groups is 1. The monoisotopic (exact) mass is 222 g/mol. The van der Waals surface area contributed by atoms with Gasteiger partial charge in [-0.2, -0.15) is 0 Å². The molecule has 0 aliphatic carbocycles. The molecule has 0 amide bonds. The molecule has 3 nitrogen and oxygen atoms in total. The molecule has 0 saturated carbocycles. The lowest BCUT2D eigenvalue weighted by Gasteiger charge is -1.94. The lowest BCUT2D eigenvalue weighted by atomic mass is 10.2. The average Bonchev–Trinajstić information content (AvgIpc) is 2.57. The van der Waals surface area contributed by atoms with Gasteiger partial charge in [0.15, 0.2) is 10.9 Å². The van der Waals surface area contributed by atoms with E-state index in [-0.39, 0.29) is 5.78 Å². The van der Waals surface area contributed by atoms with E-state index in [9.17, 15) is 4.79 Å². The van der Waals surface area contributed by atoms with Crippen molar-refractivity contribution < 1.29 is 4.79 Å². The Morgan fingerprint density at radius 1 is 1.67 bits per heavy atom. The highest BCUT2D eigenvalue weighted by molar-refractivity contribution is 7.17. The van der Waals surface area contributed by atoms with Gasteiger partial charge in [-0.3, -0.25) is 4.79 Å². The maximum atomic E-state index is 11.7. The van der Waals surface area contributed by atoms with Gasteiger partial charge in [-0.25, -0.2) is 4.98 Å². The Hall–Kier alpha value is -1.34. The Labute approximate surface area is 93.9 Å². The number of nitrogens with one attached hydrogen (secondary N) is 1. The van der Waals surface area contributed by atoms with Crippen LogP contribution in [-0.2, 0) is 0 Å². The lowest BCUT2D eigenvalue weighted by Crippen LogP contribution is -1.97. The highest BCUT2D eigenvalue weighted by Crippen LogP contribution is 2.23. The van der Waals surface area contributed by atoms with Crippen LogP contribution in [0, 0.1) is 19.3 Å². The fourth-order valence-corrected chi connectivity index (χ4v) is 2.13. The highest BCUT2D eigenvalue weighted by Gasteiger charge is 2.13. The van der Waals surface area contributed by atoms with Crippen molar-refractivity contribution >= 4 is 22.3 Å². The van der Waals surface area contributed by atoms with E-state index in [4.69, 9.17) is 6.42 Å². The molecule has 0 aliphatic heterocycles. The molecule has 80 valence electrons. The summed E-state index contributed by atoms with van der Waals surface area (Å²) >= 11 is 1.38. The first-order chi connectivity index (χ1) is 7.19. The fraction of sp³-hybridized carbons (Fsp3) is 0.455. The molecule has 1 heterocycles. The molecule has 15 heavy (non-hydrogen) atoms. The molecule has 0 radical (unpaired) electrons. The van der Waals surface area contributed by atoms with E-state index >= 15 is 0 Å². The fourth-order valence-electron chi connectivity index (χ4n) is 1.20. The summed E-state index contributed by atoms with van der Waals surface area (Å²) in [6.45, 7) is 4.28. The van der Waals surface area contributed by atoms with Crippen LogP contribution < -0.4 is 5.32 Å². The molecule has 1 N–H and O–H groups in total. The number of terminal acetylenes is 1. The number of anilines is 1. The first kappa shape index (κ1) is 11.7. The third kappa shape index (κ3) is 3.07. The second-order valence-corrected chi connectivity index (χ2v) is 4.16. The van der Waals surface area contributed by atoms with Crippen LogP contribution >= 0.6 is 11.3 Å². The number of Topliss-reactive ketones (excluding diaryl/α,β-unsaturated/α-hetero) is 1. The van der Waals surface area contributed by atoms with Gasteiger partial charge in [0, 0.05) is 6.42 Å². The SMILES string of the molecule is C#CCNc1nc(C)c(C(=O)CCC)s1. The van der Waals surface area contributed by atoms with Crippen LogP contribution in [0.2, 0.25) is 0 Å². The van der Waals surface area contributed by atoms with E-state index in [1.54, 1.807) is 0 Å². The van der Waals surface area contributed by atoms with Gasteiger partial charge in [0.25, 0.3) is 0 Å². The predicted octanol–water partition coefficient (Wildman–Crippen LogP) is 2.48. The van der Waals surface area contributed by atoms with Crippen molar-refractivity contribution in [1.82, 2.24) is 4.98 Å². The zero-order valence-electron chi connectivity index (χ0n) is 8.96. The predicted molar refractivity (Wildman–Crippen MR) is 63.4 cm³/mol.